The van der Waals surface area contributed by atoms with E-state index in [9.17, 15) is 13.2 Å². The minimum atomic E-state index is -2.42. The summed E-state index contributed by atoms with van der Waals surface area (Å²) in [7, 11) is -2.42. The van der Waals surface area contributed by atoms with Gasteiger partial charge in [0.1, 0.15) is 5.82 Å². The van der Waals surface area contributed by atoms with Crippen molar-refractivity contribution < 1.29 is 13.2 Å². The molecule has 10 heteroatoms. The topological polar surface area (TPSA) is 117 Å². The Morgan fingerprint density at radius 3 is 2.55 bits per heavy atom. The van der Waals surface area contributed by atoms with Gasteiger partial charge in [-0.15, -0.1) is 0 Å². The molecule has 1 radical (unpaired) electrons. The molecule has 2 aromatic heterocycles. The van der Waals surface area contributed by atoms with Crippen molar-refractivity contribution in [1.29, 1.82) is 0 Å². The van der Waals surface area contributed by atoms with E-state index in [-0.39, 0.29) is 40.1 Å². The zero-order valence-corrected chi connectivity index (χ0v) is 13.3. The molecule has 0 atom stereocenters. The third kappa shape index (κ3) is 4.78. The fraction of sp³-hybridized carbons (Fsp3) is 0. The molecule has 0 fully saturated rings. The molecule has 20 heavy (non-hydrogen) atoms. The number of nitrogens with zero attached hydrogens (tertiary/aromatic N) is 2. The summed E-state index contributed by atoms with van der Waals surface area (Å²) in [5.74, 6) is 0.374. The van der Waals surface area contributed by atoms with Crippen LogP contribution in [-0.2, 0) is 10.3 Å². The zero-order valence-electron chi connectivity index (χ0n) is 10.5. The first-order valence-corrected chi connectivity index (χ1v) is 6.19. The fourth-order valence-electron chi connectivity index (χ4n) is 1.22. The number of amides is 2. The Balaban J connectivity index is 0.00000200. The van der Waals surface area contributed by atoms with Gasteiger partial charge in [-0.1, -0.05) is 6.07 Å². The molecule has 0 saturated carbocycles. The molecule has 0 saturated heterocycles. The van der Waals surface area contributed by atoms with E-state index in [4.69, 9.17) is 0 Å². The van der Waals surface area contributed by atoms with Crippen LogP contribution in [0.3, 0.4) is 0 Å². The van der Waals surface area contributed by atoms with Gasteiger partial charge >= 0.3 is 6.03 Å². The summed E-state index contributed by atoms with van der Waals surface area (Å²) < 4.78 is 21.4. The molecule has 0 aliphatic carbocycles. The Kier molecular flexibility index (Phi) is 6.39. The zero-order chi connectivity index (χ0) is 13.7. The molecule has 0 aliphatic heterocycles. The van der Waals surface area contributed by atoms with Crippen LogP contribution in [0.15, 0.2) is 36.7 Å². The van der Waals surface area contributed by atoms with E-state index in [0.717, 1.165) is 0 Å². The minimum Gasteiger partial charge on any atom is -0.313 e. The first-order chi connectivity index (χ1) is 9.15. The molecule has 8 nitrogen and oxygen atoms in total. The van der Waals surface area contributed by atoms with Gasteiger partial charge in [0.2, 0.25) is 16.2 Å². The molecule has 2 rings (SSSR count). The third-order valence-electron chi connectivity index (χ3n) is 1.99. The van der Waals surface area contributed by atoms with Gasteiger partial charge in [0, 0.05) is 42.0 Å². The van der Waals surface area contributed by atoms with Crippen molar-refractivity contribution in [3.8, 4) is 0 Å². The maximum Gasteiger partial charge on any atom is 0.327 e. The molecule has 0 spiro atoms. The van der Waals surface area contributed by atoms with Gasteiger partial charge < -0.3 is 4.98 Å². The number of urea groups is 1. The molecule has 0 unspecified atom stereocenters. The van der Waals surface area contributed by atoms with Crippen LogP contribution in [0.1, 0.15) is 0 Å². The van der Waals surface area contributed by atoms with Crippen LogP contribution in [0.2, 0.25) is 0 Å². The van der Waals surface area contributed by atoms with Crippen LogP contribution < -0.4 is 10.6 Å². The van der Waals surface area contributed by atoms with Crippen LogP contribution in [0, 0.1) is 4.64 Å². The Morgan fingerprint density at radius 1 is 1.10 bits per heavy atom. The van der Waals surface area contributed by atoms with E-state index in [2.05, 4.69) is 25.6 Å². The van der Waals surface area contributed by atoms with Crippen molar-refractivity contribution in [1.82, 2.24) is 15.0 Å². The summed E-state index contributed by atoms with van der Waals surface area (Å²) >= 11 is 0. The number of anilines is 2. The largest absolute Gasteiger partial charge is 0.327 e. The van der Waals surface area contributed by atoms with Crippen LogP contribution >= 0.6 is 0 Å². The Labute approximate surface area is 137 Å². The predicted octanol–water partition coefficient (Wildman–Crippen LogP) is 0.479. The Hall–Kier alpha value is -1.68. The molecular weight excluding hydrogens is 293 g/mol. The van der Waals surface area contributed by atoms with Crippen LogP contribution in [0.5, 0.6) is 0 Å². The number of hydrogen-bond donors (Lipinski definition) is 3. The van der Waals surface area contributed by atoms with E-state index in [1.807, 2.05) is 0 Å². The van der Waals surface area contributed by atoms with Crippen molar-refractivity contribution in [2.45, 2.75) is 0 Å². The number of rotatable bonds is 2. The van der Waals surface area contributed by atoms with Gasteiger partial charge in [0.15, 0.2) is 4.64 Å². The minimum absolute atomic E-state index is 0. The molecule has 2 heterocycles. The number of aromatic amines is 1. The van der Waals surface area contributed by atoms with Gasteiger partial charge in [-0.2, -0.15) is 8.42 Å². The smallest absolute Gasteiger partial charge is 0.313 e. The number of carbonyl (C=O) groups excluding carboxylic acids is 1. The second kappa shape index (κ2) is 7.80. The molecule has 2 aromatic rings. The second-order valence-corrected chi connectivity index (χ2v) is 4.22. The summed E-state index contributed by atoms with van der Waals surface area (Å²) in [6.45, 7) is 0. The van der Waals surface area contributed by atoms with E-state index in [1.54, 1.807) is 18.2 Å². The van der Waals surface area contributed by atoms with Crippen LogP contribution in [-0.4, -0.2) is 59.0 Å². The normalized spacial score (nSPS) is 9.20. The number of H-pyrrole nitrogens is 1. The molecule has 99 valence electrons. The third-order valence-corrected chi connectivity index (χ3v) is 2.59. The summed E-state index contributed by atoms with van der Waals surface area (Å²) in [5, 5.41) is 4.82. The van der Waals surface area contributed by atoms with E-state index in [1.165, 1.54) is 18.5 Å². The van der Waals surface area contributed by atoms with E-state index >= 15 is 0 Å². The molecule has 3 N–H and O–H groups in total. The molecule has 0 aromatic carbocycles. The summed E-state index contributed by atoms with van der Waals surface area (Å²) in [6, 6.07) is 5.72. The van der Waals surface area contributed by atoms with Crippen molar-refractivity contribution in [2.24, 2.45) is 0 Å². The molecule has 0 aliphatic rings. The van der Waals surface area contributed by atoms with Gasteiger partial charge in [-0.05, 0) is 18.2 Å². The predicted molar refractivity (Wildman–Crippen MR) is 73.4 cm³/mol. The average molecular weight is 302 g/mol. The van der Waals surface area contributed by atoms with Crippen molar-refractivity contribution in [3.05, 3.63) is 41.3 Å². The Bertz CT molecular complexity index is 752. The first kappa shape index (κ1) is 16.4. The summed E-state index contributed by atoms with van der Waals surface area (Å²) in [6.07, 6.45) is 2.79. The average Bonchev–Trinajstić information content (AvgIpc) is 2.40. The number of carbonyl (C=O) groups is 1. The maximum absolute atomic E-state index is 11.6. The van der Waals surface area contributed by atoms with Crippen molar-refractivity contribution in [3.63, 3.8) is 0 Å². The van der Waals surface area contributed by atoms with Crippen molar-refractivity contribution in [2.75, 3.05) is 10.6 Å². The number of hydrogen-bond acceptors (Lipinski definition) is 5. The van der Waals surface area contributed by atoms with Crippen molar-refractivity contribution >= 4 is 57.6 Å². The fourth-order valence-corrected chi connectivity index (χ4v) is 1.57. The summed E-state index contributed by atoms with van der Waals surface area (Å²) in [4.78, 5) is 21.7. The first-order valence-electron chi connectivity index (χ1n) is 5.12. The maximum atomic E-state index is 11.6. The van der Waals surface area contributed by atoms with Gasteiger partial charge in [0.05, 0.1) is 0 Å². The number of aromatic nitrogens is 3. The van der Waals surface area contributed by atoms with Gasteiger partial charge in [-0.25, -0.2) is 14.8 Å². The van der Waals surface area contributed by atoms with E-state index in [0.29, 0.717) is 5.82 Å². The standard InChI is InChI=1S/C10H9N5O3S.Na/c16-10(13-7-3-1-2-5-11-7)15-9-12-6-4-8(14-9)19(17)18;/h1-6H,(H3,11,12,13,14,15,16);. The summed E-state index contributed by atoms with van der Waals surface area (Å²) in [5.41, 5.74) is 0. The quantitative estimate of drug-likeness (QED) is 0.551. The van der Waals surface area contributed by atoms with Crippen LogP contribution in [0.4, 0.5) is 16.6 Å². The Morgan fingerprint density at radius 2 is 1.90 bits per heavy atom. The number of nitrogens with one attached hydrogen (secondary N) is 3. The number of pyridine rings is 1. The second-order valence-electron chi connectivity index (χ2n) is 3.31. The monoisotopic (exact) mass is 302 g/mol. The SMILES string of the molecule is O=C(Nc1ccccn1)Nc1nccc(=S(=O)=O)[nH]1.[Na]. The van der Waals surface area contributed by atoms with E-state index < -0.39 is 16.3 Å². The van der Waals surface area contributed by atoms with Gasteiger partial charge in [-0.3, -0.25) is 10.6 Å². The molecule has 0 bridgehead atoms. The molecule has 2 amide bonds. The van der Waals surface area contributed by atoms with Gasteiger partial charge in [0.25, 0.3) is 0 Å². The van der Waals surface area contributed by atoms with Crippen LogP contribution in [0.25, 0.3) is 0 Å². The molecular formula is C10H9N5NaO3S.